The van der Waals surface area contributed by atoms with Crippen molar-refractivity contribution in [3.05, 3.63) is 74.4 Å². The average Bonchev–Trinajstić information content (AvgIpc) is 3.25. The van der Waals surface area contributed by atoms with Gasteiger partial charge in [-0.2, -0.15) is 0 Å². The number of thiophene rings is 1. The summed E-state index contributed by atoms with van der Waals surface area (Å²) in [6.07, 6.45) is 4.10. The maximum absolute atomic E-state index is 13.2. The van der Waals surface area contributed by atoms with Crippen molar-refractivity contribution in [1.82, 2.24) is 15.4 Å². The van der Waals surface area contributed by atoms with Crippen molar-refractivity contribution in [2.75, 3.05) is 0 Å². The SMILES string of the molecule is Cc1ccc(C)n1-c1sc2c(c1C(=O)NNC(=O)c1ccc(Cl)cc1)CCCC2. The fourth-order valence-electron chi connectivity index (χ4n) is 3.78. The molecule has 0 aliphatic heterocycles. The quantitative estimate of drug-likeness (QED) is 0.592. The molecule has 0 radical (unpaired) electrons. The molecule has 0 fully saturated rings. The molecule has 0 unspecified atom stereocenters. The molecule has 2 amide bonds. The zero-order chi connectivity index (χ0) is 20.5. The van der Waals surface area contributed by atoms with E-state index >= 15 is 0 Å². The van der Waals surface area contributed by atoms with Gasteiger partial charge in [0.05, 0.1) is 5.56 Å². The number of rotatable bonds is 3. The van der Waals surface area contributed by atoms with E-state index in [1.54, 1.807) is 35.6 Å². The van der Waals surface area contributed by atoms with Crippen LogP contribution in [0.2, 0.25) is 5.02 Å². The number of hydrogen-bond acceptors (Lipinski definition) is 3. The smallest absolute Gasteiger partial charge is 0.273 e. The zero-order valence-corrected chi connectivity index (χ0v) is 17.9. The number of fused-ring (bicyclic) bond motifs is 1. The minimum Gasteiger partial charge on any atom is -0.309 e. The lowest BCUT2D eigenvalue weighted by Crippen LogP contribution is -2.42. The highest BCUT2D eigenvalue weighted by Crippen LogP contribution is 2.38. The van der Waals surface area contributed by atoms with Crippen molar-refractivity contribution in [3.8, 4) is 5.00 Å². The van der Waals surface area contributed by atoms with Crippen LogP contribution < -0.4 is 10.9 Å². The summed E-state index contributed by atoms with van der Waals surface area (Å²) in [6.45, 7) is 4.07. The van der Waals surface area contributed by atoms with Gasteiger partial charge < -0.3 is 4.57 Å². The van der Waals surface area contributed by atoms with Crippen molar-refractivity contribution < 1.29 is 9.59 Å². The molecule has 0 saturated heterocycles. The van der Waals surface area contributed by atoms with E-state index in [1.165, 1.54) is 4.88 Å². The van der Waals surface area contributed by atoms with Gasteiger partial charge in [-0.25, -0.2) is 0 Å². The number of amides is 2. The second kappa shape index (κ2) is 8.05. The number of carbonyl (C=O) groups is 2. The van der Waals surface area contributed by atoms with Crippen molar-refractivity contribution in [2.24, 2.45) is 0 Å². The largest absolute Gasteiger partial charge is 0.309 e. The van der Waals surface area contributed by atoms with Crippen LogP contribution in [-0.4, -0.2) is 16.4 Å². The molecule has 7 heteroatoms. The number of nitrogens with one attached hydrogen (secondary N) is 2. The van der Waals surface area contributed by atoms with E-state index in [4.69, 9.17) is 11.6 Å². The summed E-state index contributed by atoms with van der Waals surface area (Å²) >= 11 is 7.55. The number of aryl methyl sites for hydroxylation is 3. The van der Waals surface area contributed by atoms with Gasteiger partial charge in [0.1, 0.15) is 5.00 Å². The second-order valence-electron chi connectivity index (χ2n) is 7.26. The number of halogens is 1. The minimum absolute atomic E-state index is 0.283. The summed E-state index contributed by atoms with van der Waals surface area (Å²) in [4.78, 5) is 26.8. The number of hydrazine groups is 1. The molecule has 0 atom stereocenters. The number of nitrogens with zero attached hydrogens (tertiary/aromatic N) is 1. The van der Waals surface area contributed by atoms with E-state index < -0.39 is 0 Å². The van der Waals surface area contributed by atoms with Gasteiger partial charge in [0.2, 0.25) is 0 Å². The van der Waals surface area contributed by atoms with E-state index in [0.717, 1.165) is 47.6 Å². The van der Waals surface area contributed by atoms with Crippen molar-refractivity contribution in [1.29, 1.82) is 0 Å². The maximum Gasteiger partial charge on any atom is 0.273 e. The number of aromatic nitrogens is 1. The van der Waals surface area contributed by atoms with Crippen molar-refractivity contribution in [2.45, 2.75) is 39.5 Å². The van der Waals surface area contributed by atoms with E-state index in [9.17, 15) is 9.59 Å². The Balaban J connectivity index is 1.63. The normalized spacial score (nSPS) is 13.1. The third-order valence-electron chi connectivity index (χ3n) is 5.25. The van der Waals surface area contributed by atoms with Gasteiger partial charge in [-0.05, 0) is 81.5 Å². The molecule has 2 N–H and O–H groups in total. The third kappa shape index (κ3) is 3.82. The Hall–Kier alpha value is -2.57. The lowest BCUT2D eigenvalue weighted by Gasteiger charge is -2.14. The average molecular weight is 428 g/mol. The molecule has 0 saturated carbocycles. The predicted octanol–water partition coefficient (Wildman–Crippen LogP) is 4.76. The van der Waals surface area contributed by atoms with Gasteiger partial charge >= 0.3 is 0 Å². The van der Waals surface area contributed by atoms with E-state index in [1.807, 2.05) is 13.8 Å². The Morgan fingerprint density at radius 1 is 0.931 bits per heavy atom. The molecule has 1 aromatic carbocycles. The summed E-state index contributed by atoms with van der Waals surface area (Å²) in [5.74, 6) is -0.664. The number of benzene rings is 1. The third-order valence-corrected chi connectivity index (χ3v) is 6.78. The van der Waals surface area contributed by atoms with Crippen LogP contribution in [0.5, 0.6) is 0 Å². The molecule has 3 aromatic rings. The van der Waals surface area contributed by atoms with Gasteiger partial charge in [-0.3, -0.25) is 20.4 Å². The molecule has 0 spiro atoms. The number of carbonyl (C=O) groups excluding carboxylic acids is 2. The van der Waals surface area contributed by atoms with Crippen LogP contribution >= 0.6 is 22.9 Å². The molecule has 150 valence electrons. The van der Waals surface area contributed by atoms with Crippen molar-refractivity contribution >= 4 is 34.8 Å². The topological polar surface area (TPSA) is 63.1 Å². The monoisotopic (exact) mass is 427 g/mol. The van der Waals surface area contributed by atoms with Gasteiger partial charge in [0.15, 0.2) is 0 Å². The molecule has 1 aliphatic carbocycles. The Kier molecular flexibility index (Phi) is 5.48. The fourth-order valence-corrected chi connectivity index (χ4v) is 5.41. The molecule has 5 nitrogen and oxygen atoms in total. The van der Waals surface area contributed by atoms with Gasteiger partial charge in [-0.15, -0.1) is 11.3 Å². The van der Waals surface area contributed by atoms with Gasteiger partial charge in [-0.1, -0.05) is 11.6 Å². The van der Waals surface area contributed by atoms with Crippen LogP contribution in [0, 0.1) is 13.8 Å². The molecule has 4 rings (SSSR count). The van der Waals surface area contributed by atoms with E-state index in [0.29, 0.717) is 16.1 Å². The molecule has 29 heavy (non-hydrogen) atoms. The van der Waals surface area contributed by atoms with Crippen LogP contribution in [0.3, 0.4) is 0 Å². The lowest BCUT2D eigenvalue weighted by molar-refractivity contribution is 0.0846. The van der Waals surface area contributed by atoms with Crippen LogP contribution in [0.15, 0.2) is 36.4 Å². The van der Waals surface area contributed by atoms with Crippen molar-refractivity contribution in [3.63, 3.8) is 0 Å². The van der Waals surface area contributed by atoms with Crippen LogP contribution in [-0.2, 0) is 12.8 Å². The van der Waals surface area contributed by atoms with Gasteiger partial charge in [0, 0.05) is 26.9 Å². The molecule has 1 aliphatic rings. The summed E-state index contributed by atoms with van der Waals surface area (Å²) in [7, 11) is 0. The Labute approximate surface area is 178 Å². The highest BCUT2D eigenvalue weighted by atomic mass is 35.5. The first kappa shape index (κ1) is 19.7. The lowest BCUT2D eigenvalue weighted by atomic mass is 9.95. The predicted molar refractivity (Wildman–Crippen MR) is 116 cm³/mol. The fraction of sp³-hybridized carbons (Fsp3) is 0.273. The summed E-state index contributed by atoms with van der Waals surface area (Å²) in [6, 6.07) is 10.6. The first-order valence-electron chi connectivity index (χ1n) is 9.62. The molecular formula is C22H22ClN3O2S. The van der Waals surface area contributed by atoms with Crippen LogP contribution in [0.1, 0.15) is 55.4 Å². The Bertz CT molecular complexity index is 1060. The highest BCUT2D eigenvalue weighted by molar-refractivity contribution is 7.15. The Morgan fingerprint density at radius 2 is 1.55 bits per heavy atom. The van der Waals surface area contributed by atoms with E-state index in [2.05, 4.69) is 27.6 Å². The standard InChI is InChI=1S/C22H22ClN3O2S/c1-13-7-8-14(2)26(13)22-19(17-5-3-4-6-18(17)29-22)21(28)25-24-20(27)15-9-11-16(23)12-10-15/h7-12H,3-6H2,1-2H3,(H,24,27)(H,25,28). The second-order valence-corrected chi connectivity index (χ2v) is 8.78. The first-order valence-corrected chi connectivity index (χ1v) is 10.8. The van der Waals surface area contributed by atoms with Crippen LogP contribution in [0.4, 0.5) is 0 Å². The van der Waals surface area contributed by atoms with Crippen LogP contribution in [0.25, 0.3) is 5.00 Å². The molecule has 2 heterocycles. The minimum atomic E-state index is -0.381. The molecular weight excluding hydrogens is 406 g/mol. The zero-order valence-electron chi connectivity index (χ0n) is 16.3. The summed E-state index contributed by atoms with van der Waals surface area (Å²) in [5.41, 5.74) is 9.52. The molecule has 2 aromatic heterocycles. The number of hydrogen-bond donors (Lipinski definition) is 2. The van der Waals surface area contributed by atoms with Gasteiger partial charge in [0.25, 0.3) is 11.8 Å². The first-order chi connectivity index (χ1) is 14.0. The summed E-state index contributed by atoms with van der Waals surface area (Å²) in [5, 5.41) is 1.48. The molecule has 0 bridgehead atoms. The summed E-state index contributed by atoms with van der Waals surface area (Å²) < 4.78 is 2.12. The maximum atomic E-state index is 13.2. The Morgan fingerprint density at radius 3 is 2.24 bits per heavy atom. The highest BCUT2D eigenvalue weighted by Gasteiger charge is 2.27. The van der Waals surface area contributed by atoms with E-state index in [-0.39, 0.29) is 11.8 Å².